The van der Waals surface area contributed by atoms with Gasteiger partial charge in [-0.05, 0) is 6.07 Å². The van der Waals surface area contributed by atoms with Crippen molar-refractivity contribution in [2.45, 2.75) is 6.54 Å². The van der Waals surface area contributed by atoms with Gasteiger partial charge in [-0.2, -0.15) is 0 Å². The minimum atomic E-state index is 0.414. The molecule has 0 atom stereocenters. The van der Waals surface area contributed by atoms with E-state index >= 15 is 0 Å². The molecule has 0 radical (unpaired) electrons. The first kappa shape index (κ1) is 12.6. The second-order valence-electron chi connectivity index (χ2n) is 3.15. The first-order valence-corrected chi connectivity index (χ1v) is 4.96. The van der Waals surface area contributed by atoms with E-state index in [9.17, 15) is 0 Å². The highest BCUT2D eigenvalue weighted by Crippen LogP contribution is 2.34. The Morgan fingerprint density at radius 2 is 1.56 bits per heavy atom. The van der Waals surface area contributed by atoms with E-state index in [1.807, 2.05) is 6.07 Å². The molecule has 0 saturated carbocycles. The van der Waals surface area contributed by atoms with Gasteiger partial charge in [0.05, 0.1) is 21.3 Å². The molecule has 0 spiro atoms. The molecule has 0 aliphatic rings. The van der Waals surface area contributed by atoms with Gasteiger partial charge in [0.25, 0.3) is 0 Å². The van der Waals surface area contributed by atoms with Gasteiger partial charge in [0, 0.05) is 24.8 Å². The fourth-order valence-corrected chi connectivity index (χ4v) is 1.44. The van der Waals surface area contributed by atoms with E-state index in [4.69, 9.17) is 19.9 Å². The number of hydrogen-bond acceptors (Lipinski definition) is 5. The first-order chi connectivity index (χ1) is 7.76. The molecule has 1 aromatic carbocycles. The van der Waals surface area contributed by atoms with Crippen molar-refractivity contribution in [2.75, 3.05) is 28.0 Å². The summed E-state index contributed by atoms with van der Waals surface area (Å²) in [6, 6.07) is 3.67. The summed E-state index contributed by atoms with van der Waals surface area (Å²) in [6.07, 6.45) is 0. The van der Waals surface area contributed by atoms with Crippen LogP contribution in [0.1, 0.15) is 5.56 Å². The average molecular weight is 226 g/mol. The number of ether oxygens (including phenoxy) is 3. The minimum absolute atomic E-state index is 0.414. The molecule has 0 heterocycles. The molecule has 16 heavy (non-hydrogen) atoms. The molecular weight excluding hydrogens is 208 g/mol. The Morgan fingerprint density at radius 3 is 2.06 bits per heavy atom. The van der Waals surface area contributed by atoms with Gasteiger partial charge in [-0.1, -0.05) is 0 Å². The molecule has 0 aliphatic heterocycles. The first-order valence-electron chi connectivity index (χ1n) is 4.96. The zero-order valence-corrected chi connectivity index (χ0v) is 9.87. The Balaban J connectivity index is 3.05. The van der Waals surface area contributed by atoms with Crippen molar-refractivity contribution in [3.63, 3.8) is 0 Å². The highest BCUT2D eigenvalue weighted by Gasteiger charge is 2.10. The van der Waals surface area contributed by atoms with Gasteiger partial charge in [-0.3, -0.25) is 0 Å². The summed E-state index contributed by atoms with van der Waals surface area (Å²) in [5.74, 6) is 2.08. The van der Waals surface area contributed by atoms with Gasteiger partial charge in [-0.15, -0.1) is 0 Å². The molecule has 0 aromatic heterocycles. The Bertz CT molecular complexity index is 342. The van der Waals surface area contributed by atoms with Gasteiger partial charge >= 0.3 is 0 Å². The molecule has 1 aromatic rings. The average Bonchev–Trinajstić information content (AvgIpc) is 2.35. The van der Waals surface area contributed by atoms with E-state index in [0.717, 1.165) is 11.3 Å². The number of hydrogen-bond donors (Lipinski definition) is 2. The highest BCUT2D eigenvalue weighted by molar-refractivity contribution is 5.50. The number of benzene rings is 1. The molecule has 0 fully saturated rings. The van der Waals surface area contributed by atoms with Crippen molar-refractivity contribution >= 4 is 0 Å². The van der Waals surface area contributed by atoms with Crippen molar-refractivity contribution < 1.29 is 14.2 Å². The largest absolute Gasteiger partial charge is 0.496 e. The van der Waals surface area contributed by atoms with E-state index in [1.54, 1.807) is 27.4 Å². The molecule has 0 aliphatic carbocycles. The summed E-state index contributed by atoms with van der Waals surface area (Å²) in [4.78, 5) is 0. The molecular formula is C11H18N2O3. The zero-order chi connectivity index (χ0) is 12.0. The topological polar surface area (TPSA) is 65.7 Å². The molecule has 0 bridgehead atoms. The Kier molecular flexibility index (Phi) is 4.88. The van der Waals surface area contributed by atoms with Crippen molar-refractivity contribution in [1.82, 2.24) is 5.32 Å². The molecule has 5 nitrogen and oxygen atoms in total. The molecule has 5 heteroatoms. The SMILES string of the molecule is COc1cc(OC)c(OC)cc1CNCN. The lowest BCUT2D eigenvalue weighted by molar-refractivity contribution is 0.347. The lowest BCUT2D eigenvalue weighted by Crippen LogP contribution is -2.21. The maximum absolute atomic E-state index is 5.39. The lowest BCUT2D eigenvalue weighted by Gasteiger charge is -2.14. The summed E-state index contributed by atoms with van der Waals surface area (Å²) in [6.45, 7) is 1.04. The van der Waals surface area contributed by atoms with Crippen molar-refractivity contribution in [3.05, 3.63) is 17.7 Å². The van der Waals surface area contributed by atoms with Gasteiger partial charge in [0.2, 0.25) is 0 Å². The fraction of sp³-hybridized carbons (Fsp3) is 0.455. The molecule has 0 unspecified atom stereocenters. The quantitative estimate of drug-likeness (QED) is 0.700. The maximum atomic E-state index is 5.39. The molecule has 3 N–H and O–H groups in total. The normalized spacial score (nSPS) is 10.0. The van der Waals surface area contributed by atoms with Crippen LogP contribution in [0.5, 0.6) is 17.2 Å². The number of nitrogens with one attached hydrogen (secondary N) is 1. The number of methoxy groups -OCH3 is 3. The summed E-state index contributed by atoms with van der Waals surface area (Å²) < 4.78 is 15.7. The van der Waals surface area contributed by atoms with E-state index < -0.39 is 0 Å². The van der Waals surface area contributed by atoms with Gasteiger partial charge in [0.15, 0.2) is 11.5 Å². The predicted octanol–water partition coefficient (Wildman–Crippen LogP) is 0.718. The van der Waals surface area contributed by atoms with E-state index in [2.05, 4.69) is 5.32 Å². The Morgan fingerprint density at radius 1 is 1.00 bits per heavy atom. The van der Waals surface area contributed by atoms with Crippen molar-refractivity contribution in [3.8, 4) is 17.2 Å². The van der Waals surface area contributed by atoms with E-state index in [1.165, 1.54) is 0 Å². The lowest BCUT2D eigenvalue weighted by atomic mass is 10.1. The standard InChI is InChI=1S/C11H18N2O3/c1-14-9-5-11(16-3)10(15-2)4-8(9)6-13-7-12/h4-5,13H,6-7,12H2,1-3H3. The number of rotatable bonds is 6. The van der Waals surface area contributed by atoms with Crippen molar-refractivity contribution in [2.24, 2.45) is 5.73 Å². The molecule has 1 rings (SSSR count). The van der Waals surface area contributed by atoms with Crippen LogP contribution in [0.3, 0.4) is 0 Å². The summed E-state index contributed by atoms with van der Waals surface area (Å²) in [7, 11) is 4.81. The number of nitrogens with two attached hydrogens (primary N) is 1. The summed E-state index contributed by atoms with van der Waals surface area (Å²) in [5.41, 5.74) is 6.36. The van der Waals surface area contributed by atoms with Crippen LogP contribution in [0.15, 0.2) is 12.1 Å². The van der Waals surface area contributed by atoms with Crippen LogP contribution in [0.2, 0.25) is 0 Å². The third kappa shape index (κ3) is 2.77. The minimum Gasteiger partial charge on any atom is -0.496 e. The van der Waals surface area contributed by atoms with Crippen LogP contribution in [-0.2, 0) is 6.54 Å². The van der Waals surface area contributed by atoms with Crippen LogP contribution >= 0.6 is 0 Å². The fourth-order valence-electron chi connectivity index (χ4n) is 1.44. The zero-order valence-electron chi connectivity index (χ0n) is 9.87. The van der Waals surface area contributed by atoms with Crippen molar-refractivity contribution in [1.29, 1.82) is 0 Å². The van der Waals surface area contributed by atoms with Crippen LogP contribution < -0.4 is 25.3 Å². The molecule has 0 saturated heterocycles. The van der Waals surface area contributed by atoms with Gasteiger partial charge in [-0.25, -0.2) is 0 Å². The van der Waals surface area contributed by atoms with E-state index in [0.29, 0.717) is 24.7 Å². The third-order valence-corrected chi connectivity index (χ3v) is 2.25. The van der Waals surface area contributed by atoms with Crippen LogP contribution in [0, 0.1) is 0 Å². The second kappa shape index (κ2) is 6.19. The second-order valence-corrected chi connectivity index (χ2v) is 3.15. The van der Waals surface area contributed by atoms with Gasteiger partial charge in [0.1, 0.15) is 5.75 Å². The van der Waals surface area contributed by atoms with E-state index in [-0.39, 0.29) is 0 Å². The predicted molar refractivity (Wildman–Crippen MR) is 62.0 cm³/mol. The van der Waals surface area contributed by atoms with Crippen LogP contribution in [-0.4, -0.2) is 28.0 Å². The molecule has 90 valence electrons. The molecule has 0 amide bonds. The Labute approximate surface area is 95.5 Å². The van der Waals surface area contributed by atoms with Crippen LogP contribution in [0.4, 0.5) is 0 Å². The van der Waals surface area contributed by atoms with Gasteiger partial charge < -0.3 is 25.3 Å². The summed E-state index contributed by atoms with van der Waals surface area (Å²) in [5, 5.41) is 3.03. The smallest absolute Gasteiger partial charge is 0.164 e. The Hall–Kier alpha value is -1.46. The maximum Gasteiger partial charge on any atom is 0.164 e. The third-order valence-electron chi connectivity index (χ3n) is 2.25. The van der Waals surface area contributed by atoms with Crippen LogP contribution in [0.25, 0.3) is 0 Å². The summed E-state index contributed by atoms with van der Waals surface area (Å²) >= 11 is 0. The highest BCUT2D eigenvalue weighted by atomic mass is 16.5. The monoisotopic (exact) mass is 226 g/mol.